The molecule has 0 fully saturated rings. The van der Waals surface area contributed by atoms with Crippen LogP contribution in [0, 0.1) is 11.8 Å². The Morgan fingerprint density at radius 2 is 1.91 bits per heavy atom. The van der Waals surface area contributed by atoms with E-state index in [2.05, 4.69) is 36.7 Å². The van der Waals surface area contributed by atoms with Crippen molar-refractivity contribution in [2.45, 2.75) is 46.5 Å². The van der Waals surface area contributed by atoms with E-state index in [1.165, 1.54) is 31.0 Å². The van der Waals surface area contributed by atoms with E-state index in [9.17, 15) is 0 Å². The molecule has 0 nitrogen and oxygen atoms in total. The maximum absolute atomic E-state index is 3.56. The molecule has 0 aromatic rings. The minimum absolute atomic E-state index is 0.900. The Kier molecular flexibility index (Phi) is 7.46. The fourth-order valence-electron chi connectivity index (χ4n) is 1.52. The summed E-state index contributed by atoms with van der Waals surface area (Å²) in [5.74, 6) is 1.82. The molecule has 68 valence electrons. The van der Waals surface area contributed by atoms with Crippen molar-refractivity contribution < 1.29 is 0 Å². The van der Waals surface area contributed by atoms with Gasteiger partial charge in [0.15, 0.2) is 0 Å². The summed E-state index contributed by atoms with van der Waals surface area (Å²) < 4.78 is 0. The highest BCUT2D eigenvalue weighted by atomic mass is 79.9. The SMILES string of the molecule is CCCC(C)CC(CC)CBr. The molecule has 11 heavy (non-hydrogen) atoms. The molecule has 0 aromatic heterocycles. The molecule has 0 rings (SSSR count). The highest BCUT2D eigenvalue weighted by molar-refractivity contribution is 9.09. The largest absolute Gasteiger partial charge is 0.0925 e. The number of rotatable bonds is 6. The van der Waals surface area contributed by atoms with E-state index in [0.717, 1.165) is 11.8 Å². The smallest absolute Gasteiger partial charge is 0.00596 e. The Balaban J connectivity index is 3.44. The first-order chi connectivity index (χ1) is 5.24. The Bertz CT molecular complexity index is 76.9. The molecular weight excluding hydrogens is 200 g/mol. The van der Waals surface area contributed by atoms with E-state index in [1.807, 2.05) is 0 Å². The van der Waals surface area contributed by atoms with Crippen LogP contribution in [0.1, 0.15) is 46.5 Å². The number of alkyl halides is 1. The Hall–Kier alpha value is 0.480. The third-order valence-electron chi connectivity index (χ3n) is 2.31. The lowest BCUT2D eigenvalue weighted by Crippen LogP contribution is -2.06. The van der Waals surface area contributed by atoms with Gasteiger partial charge in [-0.2, -0.15) is 0 Å². The second-order valence-corrected chi connectivity index (χ2v) is 4.21. The second-order valence-electron chi connectivity index (χ2n) is 3.56. The number of hydrogen-bond acceptors (Lipinski definition) is 0. The molecule has 1 heteroatoms. The van der Waals surface area contributed by atoms with Crippen molar-refractivity contribution in [1.29, 1.82) is 0 Å². The molecule has 0 N–H and O–H groups in total. The first-order valence-electron chi connectivity index (χ1n) is 4.80. The van der Waals surface area contributed by atoms with Gasteiger partial charge < -0.3 is 0 Å². The molecule has 0 aromatic carbocycles. The van der Waals surface area contributed by atoms with Crippen molar-refractivity contribution in [2.75, 3.05) is 5.33 Å². The highest BCUT2D eigenvalue weighted by Crippen LogP contribution is 2.20. The summed E-state index contributed by atoms with van der Waals surface area (Å²) in [6, 6.07) is 0. The standard InChI is InChI=1S/C10H21Br/c1-4-6-9(3)7-10(5-2)8-11/h9-10H,4-8H2,1-3H3. The Morgan fingerprint density at radius 1 is 1.27 bits per heavy atom. The zero-order valence-electron chi connectivity index (χ0n) is 8.07. The molecule has 0 saturated heterocycles. The molecule has 0 radical (unpaired) electrons. The maximum atomic E-state index is 3.56. The van der Waals surface area contributed by atoms with Gasteiger partial charge in [0.2, 0.25) is 0 Å². The predicted molar refractivity (Wildman–Crippen MR) is 56.3 cm³/mol. The van der Waals surface area contributed by atoms with Gasteiger partial charge in [-0.05, 0) is 18.3 Å². The van der Waals surface area contributed by atoms with Crippen LogP contribution in [-0.4, -0.2) is 5.33 Å². The molecule has 0 aliphatic rings. The fraction of sp³-hybridized carbons (Fsp3) is 1.00. The zero-order valence-corrected chi connectivity index (χ0v) is 9.65. The third-order valence-corrected chi connectivity index (χ3v) is 3.23. The summed E-state index contributed by atoms with van der Waals surface area (Å²) in [6.07, 6.45) is 5.44. The molecule has 0 heterocycles. The summed E-state index contributed by atoms with van der Waals surface area (Å²) in [7, 11) is 0. The van der Waals surface area contributed by atoms with E-state index < -0.39 is 0 Å². The lowest BCUT2D eigenvalue weighted by atomic mass is 9.92. The molecule has 2 unspecified atom stereocenters. The normalized spacial score (nSPS) is 16.4. The molecular formula is C10H21Br. The topological polar surface area (TPSA) is 0 Å². The van der Waals surface area contributed by atoms with Crippen LogP contribution in [0.15, 0.2) is 0 Å². The van der Waals surface area contributed by atoms with Crippen LogP contribution in [0.2, 0.25) is 0 Å². The van der Waals surface area contributed by atoms with Crippen molar-refractivity contribution >= 4 is 15.9 Å². The van der Waals surface area contributed by atoms with Gasteiger partial charge in [0, 0.05) is 5.33 Å². The first-order valence-corrected chi connectivity index (χ1v) is 5.92. The molecule has 0 aliphatic heterocycles. The van der Waals surface area contributed by atoms with Crippen molar-refractivity contribution in [3.8, 4) is 0 Å². The van der Waals surface area contributed by atoms with Crippen molar-refractivity contribution in [3.63, 3.8) is 0 Å². The van der Waals surface area contributed by atoms with Gasteiger partial charge in [0.05, 0.1) is 0 Å². The monoisotopic (exact) mass is 220 g/mol. The second kappa shape index (κ2) is 7.15. The molecule has 0 bridgehead atoms. The fourth-order valence-corrected chi connectivity index (χ4v) is 2.24. The average Bonchev–Trinajstić information content (AvgIpc) is 2.01. The Morgan fingerprint density at radius 3 is 2.27 bits per heavy atom. The quantitative estimate of drug-likeness (QED) is 0.588. The third kappa shape index (κ3) is 5.72. The zero-order chi connectivity index (χ0) is 8.69. The van der Waals surface area contributed by atoms with Crippen LogP contribution in [0.5, 0.6) is 0 Å². The van der Waals surface area contributed by atoms with Crippen molar-refractivity contribution in [3.05, 3.63) is 0 Å². The van der Waals surface area contributed by atoms with E-state index in [1.54, 1.807) is 0 Å². The van der Waals surface area contributed by atoms with Gasteiger partial charge in [-0.3, -0.25) is 0 Å². The van der Waals surface area contributed by atoms with E-state index in [4.69, 9.17) is 0 Å². The predicted octanol–water partition coefficient (Wildman–Crippen LogP) is 4.23. The van der Waals surface area contributed by atoms with Gasteiger partial charge in [0.1, 0.15) is 0 Å². The van der Waals surface area contributed by atoms with Crippen LogP contribution in [0.3, 0.4) is 0 Å². The van der Waals surface area contributed by atoms with Crippen molar-refractivity contribution in [1.82, 2.24) is 0 Å². The molecule has 2 atom stereocenters. The molecule has 0 saturated carbocycles. The van der Waals surface area contributed by atoms with E-state index in [0.29, 0.717) is 0 Å². The maximum Gasteiger partial charge on any atom is 0.00596 e. The molecule has 0 amide bonds. The van der Waals surface area contributed by atoms with Crippen LogP contribution in [0.25, 0.3) is 0 Å². The number of halogens is 1. The average molecular weight is 221 g/mol. The molecule has 0 aliphatic carbocycles. The summed E-state index contributed by atoms with van der Waals surface area (Å²) in [5.41, 5.74) is 0. The first kappa shape index (κ1) is 11.5. The van der Waals surface area contributed by atoms with Crippen LogP contribution in [0.4, 0.5) is 0 Å². The van der Waals surface area contributed by atoms with E-state index >= 15 is 0 Å². The molecule has 0 spiro atoms. The Labute approximate surface area is 79.9 Å². The highest BCUT2D eigenvalue weighted by Gasteiger charge is 2.08. The minimum Gasteiger partial charge on any atom is -0.0925 e. The van der Waals surface area contributed by atoms with Crippen molar-refractivity contribution in [2.24, 2.45) is 11.8 Å². The summed E-state index contributed by atoms with van der Waals surface area (Å²) >= 11 is 3.56. The number of hydrogen-bond donors (Lipinski definition) is 0. The summed E-state index contributed by atoms with van der Waals surface area (Å²) in [5, 5.41) is 1.18. The van der Waals surface area contributed by atoms with Gasteiger partial charge >= 0.3 is 0 Å². The van der Waals surface area contributed by atoms with Gasteiger partial charge in [-0.15, -0.1) is 0 Å². The van der Waals surface area contributed by atoms with Gasteiger partial charge in [-0.1, -0.05) is 56.0 Å². The van der Waals surface area contributed by atoms with Gasteiger partial charge in [-0.25, -0.2) is 0 Å². The summed E-state index contributed by atoms with van der Waals surface area (Å²) in [6.45, 7) is 6.92. The van der Waals surface area contributed by atoms with Gasteiger partial charge in [0.25, 0.3) is 0 Å². The van der Waals surface area contributed by atoms with Crippen LogP contribution < -0.4 is 0 Å². The lowest BCUT2D eigenvalue weighted by molar-refractivity contribution is 0.390. The summed E-state index contributed by atoms with van der Waals surface area (Å²) in [4.78, 5) is 0. The van der Waals surface area contributed by atoms with E-state index in [-0.39, 0.29) is 0 Å². The minimum atomic E-state index is 0.900. The lowest BCUT2D eigenvalue weighted by Gasteiger charge is -2.16. The van der Waals surface area contributed by atoms with Crippen LogP contribution >= 0.6 is 15.9 Å². The van der Waals surface area contributed by atoms with Crippen LogP contribution in [-0.2, 0) is 0 Å².